The van der Waals surface area contributed by atoms with Crippen LogP contribution in [0, 0.1) is 23.2 Å². The van der Waals surface area contributed by atoms with Gasteiger partial charge in [-0.15, -0.1) is 0 Å². The first-order valence-electron chi connectivity index (χ1n) is 30.1. The number of ether oxygens (including phenoxy) is 3. The van der Waals surface area contributed by atoms with Crippen LogP contribution < -0.4 is 5.56 Å². The fourth-order valence-electron chi connectivity index (χ4n) is 13.2. The van der Waals surface area contributed by atoms with E-state index in [9.17, 15) is 19.2 Å². The highest BCUT2D eigenvalue weighted by molar-refractivity contribution is 5.89. The van der Waals surface area contributed by atoms with E-state index in [1.807, 2.05) is 54.3 Å². The van der Waals surface area contributed by atoms with Gasteiger partial charge in [-0.05, 0) is 151 Å². The van der Waals surface area contributed by atoms with Gasteiger partial charge < -0.3 is 28.9 Å². The molecule has 4 aromatic rings. The van der Waals surface area contributed by atoms with Crippen molar-refractivity contribution in [1.29, 1.82) is 0 Å². The molecular formula is C62H86N8O9. The summed E-state index contributed by atoms with van der Waals surface area (Å²) in [6.45, 7) is 12.9. The number of rotatable bonds is 23. The van der Waals surface area contributed by atoms with Crippen molar-refractivity contribution in [3.63, 3.8) is 0 Å². The summed E-state index contributed by atoms with van der Waals surface area (Å²) in [5, 5.41) is 6.34. The SMILES string of the molecule is CCCCC1(C(=O)OCN(C(=O)N2CCC(c3cc4ccccc4n(COC(=O)C4(CCCC)CC4)c3=O)CC2)[C@H](Cc2cc(C)c3c(cnn3COC(=O)C3(CCC)CC3)c2)C(=O)N2CCN(C3CCN(C)CC3)CC2)CC1. The summed E-state index contributed by atoms with van der Waals surface area (Å²) in [6.07, 6.45) is 16.9. The monoisotopic (exact) mass is 1090 g/mol. The van der Waals surface area contributed by atoms with Crippen molar-refractivity contribution in [1.82, 2.24) is 38.8 Å². The van der Waals surface area contributed by atoms with Crippen molar-refractivity contribution in [3.8, 4) is 0 Å². The Hall–Kier alpha value is -5.81. The molecule has 428 valence electrons. The Morgan fingerprint density at radius 1 is 0.684 bits per heavy atom. The quantitative estimate of drug-likeness (QED) is 0.0393. The number of carbonyl (C=O) groups excluding carboxylic acids is 5. The number of carbonyl (C=O) groups is 5. The Morgan fingerprint density at radius 2 is 1.29 bits per heavy atom. The Labute approximate surface area is 466 Å². The summed E-state index contributed by atoms with van der Waals surface area (Å²) in [6, 6.07) is 12.7. The standard InChI is InChI=1S/C62H86N8O9/c1-6-9-20-61(24-25-61)57(74)77-41-68-51-14-12-11-13-47(51)39-50(54(68)71)46-15-30-67(31-16-46)59(76)69(42-78-58(75)62(26-27-62)21-10-7-2)52(55(72)66-34-32-65(33-35-66)49-17-28-64(5)29-18-49)38-45-36-44(4)53-48(37-45)40-63-70(53)43-79-56(73)60(19-8-3)22-23-60/h11-14,36-37,39-40,46,49,52H,6-10,15-35,38,41-43H2,1-5H3/t52-/m1/s1. The molecule has 0 unspecified atom stereocenters. The Balaban J connectivity index is 0.917. The number of piperazine rings is 1. The molecule has 6 aliphatic rings. The van der Waals surface area contributed by atoms with Gasteiger partial charge in [0, 0.05) is 62.7 Å². The number of amides is 3. The van der Waals surface area contributed by atoms with E-state index in [2.05, 4.69) is 42.7 Å². The molecule has 6 fully saturated rings. The maximum absolute atomic E-state index is 15.5. The Morgan fingerprint density at radius 3 is 1.91 bits per heavy atom. The normalized spacial score (nSPS) is 20.5. The average molecular weight is 1090 g/mol. The van der Waals surface area contributed by atoms with Crippen LogP contribution in [0.5, 0.6) is 0 Å². The van der Waals surface area contributed by atoms with Crippen LogP contribution in [0.1, 0.15) is 159 Å². The van der Waals surface area contributed by atoms with Crippen molar-refractivity contribution >= 4 is 51.7 Å². The molecule has 0 spiro atoms. The first kappa shape index (κ1) is 56.5. The summed E-state index contributed by atoms with van der Waals surface area (Å²) in [5.41, 5.74) is 2.24. The van der Waals surface area contributed by atoms with E-state index in [-0.39, 0.29) is 67.3 Å². The van der Waals surface area contributed by atoms with Crippen LogP contribution in [0.15, 0.2) is 53.5 Å². The summed E-state index contributed by atoms with van der Waals surface area (Å²) >= 11 is 0. The third-order valence-corrected chi connectivity index (χ3v) is 19.0. The molecule has 3 saturated heterocycles. The molecule has 3 aliphatic heterocycles. The molecule has 0 bridgehead atoms. The number of likely N-dealkylation sites (tertiary alicyclic amines) is 2. The van der Waals surface area contributed by atoms with Crippen LogP contribution in [0.3, 0.4) is 0 Å². The molecule has 0 N–H and O–H groups in total. The first-order valence-corrected chi connectivity index (χ1v) is 30.1. The highest BCUT2D eigenvalue weighted by Crippen LogP contribution is 2.52. The van der Waals surface area contributed by atoms with Gasteiger partial charge in [-0.1, -0.05) is 77.1 Å². The molecular weight excluding hydrogens is 1000 g/mol. The number of hydrogen-bond acceptors (Lipinski definition) is 12. The van der Waals surface area contributed by atoms with Gasteiger partial charge >= 0.3 is 23.9 Å². The molecule has 3 aliphatic carbocycles. The van der Waals surface area contributed by atoms with Gasteiger partial charge in [-0.2, -0.15) is 5.10 Å². The number of para-hydroxylation sites is 1. The van der Waals surface area contributed by atoms with Crippen molar-refractivity contribution in [3.05, 3.63) is 75.7 Å². The fraction of sp³-hybridized carbons (Fsp3) is 0.661. The summed E-state index contributed by atoms with van der Waals surface area (Å²) in [7, 11) is 2.16. The van der Waals surface area contributed by atoms with Crippen LogP contribution in [-0.2, 0) is 53.3 Å². The minimum absolute atomic E-state index is 0.00506. The second kappa shape index (κ2) is 24.1. The fourth-order valence-corrected chi connectivity index (χ4v) is 13.2. The number of aryl methyl sites for hydroxylation is 1. The van der Waals surface area contributed by atoms with Gasteiger partial charge in [-0.25, -0.2) is 9.48 Å². The van der Waals surface area contributed by atoms with Gasteiger partial charge in [0.05, 0.1) is 33.5 Å². The molecule has 1 atom stereocenters. The lowest BCUT2D eigenvalue weighted by Gasteiger charge is -2.44. The molecule has 79 heavy (non-hydrogen) atoms. The number of urea groups is 1. The zero-order chi connectivity index (χ0) is 55.5. The molecule has 17 heteroatoms. The number of nitrogens with zero attached hydrogens (tertiary/aromatic N) is 8. The van der Waals surface area contributed by atoms with Crippen LogP contribution in [0.4, 0.5) is 4.79 Å². The molecule has 5 heterocycles. The van der Waals surface area contributed by atoms with Crippen molar-refractivity contribution in [2.24, 2.45) is 16.2 Å². The lowest BCUT2D eigenvalue weighted by molar-refractivity contribution is -0.158. The second-order valence-electron chi connectivity index (χ2n) is 24.5. The number of piperidine rings is 2. The number of benzene rings is 2. The average Bonchev–Trinajstić information content (AvgIpc) is 4.44. The first-order chi connectivity index (χ1) is 38.2. The molecule has 3 amide bonds. The van der Waals surface area contributed by atoms with Crippen LogP contribution in [-0.4, -0.2) is 147 Å². The highest BCUT2D eigenvalue weighted by atomic mass is 16.6. The van der Waals surface area contributed by atoms with Crippen LogP contribution in [0.2, 0.25) is 0 Å². The van der Waals surface area contributed by atoms with Gasteiger partial charge in [0.25, 0.3) is 5.56 Å². The van der Waals surface area contributed by atoms with E-state index in [4.69, 9.17) is 14.2 Å². The van der Waals surface area contributed by atoms with E-state index in [0.29, 0.717) is 56.1 Å². The van der Waals surface area contributed by atoms with E-state index < -0.39 is 22.9 Å². The third kappa shape index (κ3) is 12.3. The number of esters is 3. The molecule has 3 saturated carbocycles. The zero-order valence-electron chi connectivity index (χ0n) is 47.8. The van der Waals surface area contributed by atoms with E-state index in [1.54, 1.807) is 20.3 Å². The van der Waals surface area contributed by atoms with Crippen molar-refractivity contribution in [2.45, 2.75) is 181 Å². The number of unbranched alkanes of at least 4 members (excludes halogenated alkanes) is 2. The summed E-state index contributed by atoms with van der Waals surface area (Å²) in [5.74, 6) is -1.12. The zero-order valence-corrected chi connectivity index (χ0v) is 47.8. The van der Waals surface area contributed by atoms with Gasteiger partial charge in [0.2, 0.25) is 5.91 Å². The smallest absolute Gasteiger partial charge is 0.323 e. The van der Waals surface area contributed by atoms with Gasteiger partial charge in [0.15, 0.2) is 20.2 Å². The van der Waals surface area contributed by atoms with Crippen molar-refractivity contribution in [2.75, 3.05) is 66.1 Å². The predicted octanol–water partition coefficient (Wildman–Crippen LogP) is 9.13. The largest absolute Gasteiger partial charge is 0.444 e. The molecule has 2 aromatic carbocycles. The van der Waals surface area contributed by atoms with E-state index in [0.717, 1.165) is 156 Å². The third-order valence-electron chi connectivity index (χ3n) is 19.0. The van der Waals surface area contributed by atoms with Crippen LogP contribution >= 0.6 is 0 Å². The second-order valence-corrected chi connectivity index (χ2v) is 24.5. The maximum atomic E-state index is 15.5. The topological polar surface area (TPSA) is 169 Å². The van der Waals surface area contributed by atoms with Gasteiger partial charge in [0.1, 0.15) is 6.04 Å². The summed E-state index contributed by atoms with van der Waals surface area (Å²) in [4.78, 5) is 96.4. The Bertz CT molecular complexity index is 2910. The van der Waals surface area contributed by atoms with Gasteiger partial charge in [-0.3, -0.25) is 38.3 Å². The van der Waals surface area contributed by atoms with Crippen LogP contribution in [0.25, 0.3) is 21.8 Å². The van der Waals surface area contributed by atoms with E-state index >= 15 is 9.59 Å². The van der Waals surface area contributed by atoms with E-state index in [1.165, 1.54) is 4.90 Å². The lowest BCUT2D eigenvalue weighted by Crippen LogP contribution is -2.60. The minimum atomic E-state index is -1.02. The number of hydrogen-bond donors (Lipinski definition) is 0. The Kier molecular flexibility index (Phi) is 17.2. The number of aromatic nitrogens is 3. The molecule has 10 rings (SSSR count). The maximum Gasteiger partial charge on any atom is 0.323 e. The minimum Gasteiger partial charge on any atom is -0.444 e. The lowest BCUT2D eigenvalue weighted by atomic mass is 9.89. The molecule has 17 nitrogen and oxygen atoms in total. The number of pyridine rings is 1. The highest BCUT2D eigenvalue weighted by Gasteiger charge is 2.52. The molecule has 0 radical (unpaired) electrons. The number of fused-ring (bicyclic) bond motifs is 2. The predicted molar refractivity (Wildman–Crippen MR) is 302 cm³/mol. The summed E-state index contributed by atoms with van der Waals surface area (Å²) < 4.78 is 21.4. The molecule has 2 aromatic heterocycles. The van der Waals surface area contributed by atoms with Crippen molar-refractivity contribution < 1.29 is 38.2 Å².